The number of ketones is 1. The van der Waals surface area contributed by atoms with Crippen LogP contribution in [0.25, 0.3) is 6.08 Å². The first-order chi connectivity index (χ1) is 15.0. The SMILES string of the molecule is Cc1ccc(C)c(COc2cc(C)c3c(c2)O/C(=C\c2ccc4c(c2)OCO4)C3=O)c1. The maximum absolute atomic E-state index is 12.9. The van der Waals surface area contributed by atoms with Crippen molar-refractivity contribution < 1.29 is 23.7 Å². The standard InChI is InChI=1S/C26H22O5/c1-15-4-5-16(2)19(8-15)13-28-20-9-17(3)25-23(12-20)31-24(26(25)27)11-18-6-7-21-22(10-18)30-14-29-21/h4-12H,13-14H2,1-3H3/b24-11-. The zero-order valence-electron chi connectivity index (χ0n) is 17.7. The van der Waals surface area contributed by atoms with Gasteiger partial charge in [-0.25, -0.2) is 0 Å². The molecule has 0 fully saturated rings. The Morgan fingerprint density at radius 3 is 2.61 bits per heavy atom. The molecule has 0 radical (unpaired) electrons. The van der Waals surface area contributed by atoms with Gasteiger partial charge in [-0.3, -0.25) is 4.79 Å². The van der Waals surface area contributed by atoms with Crippen molar-refractivity contribution in [2.24, 2.45) is 0 Å². The van der Waals surface area contributed by atoms with Crippen LogP contribution in [0.4, 0.5) is 0 Å². The Morgan fingerprint density at radius 1 is 0.903 bits per heavy atom. The van der Waals surface area contributed by atoms with Crippen molar-refractivity contribution in [3.05, 3.63) is 87.7 Å². The number of benzene rings is 3. The summed E-state index contributed by atoms with van der Waals surface area (Å²) in [4.78, 5) is 12.9. The van der Waals surface area contributed by atoms with Crippen LogP contribution < -0.4 is 18.9 Å². The first-order valence-electron chi connectivity index (χ1n) is 10.2. The van der Waals surface area contributed by atoms with Gasteiger partial charge in [-0.1, -0.05) is 29.8 Å². The van der Waals surface area contributed by atoms with Gasteiger partial charge in [0.1, 0.15) is 18.1 Å². The molecule has 0 spiro atoms. The van der Waals surface area contributed by atoms with E-state index >= 15 is 0 Å². The average molecular weight is 414 g/mol. The highest BCUT2D eigenvalue weighted by atomic mass is 16.7. The second-order valence-corrected chi connectivity index (χ2v) is 7.88. The summed E-state index contributed by atoms with van der Waals surface area (Å²) in [6, 6.07) is 15.5. The highest BCUT2D eigenvalue weighted by molar-refractivity contribution is 6.15. The number of Topliss-reactive ketones (excluding diaryl/α,β-unsaturated/α-hetero) is 1. The number of rotatable bonds is 4. The summed E-state index contributed by atoms with van der Waals surface area (Å²) >= 11 is 0. The molecule has 0 N–H and O–H groups in total. The molecule has 2 aliphatic rings. The Labute approximate surface area is 180 Å². The van der Waals surface area contributed by atoms with E-state index in [0.717, 1.165) is 16.7 Å². The second-order valence-electron chi connectivity index (χ2n) is 7.88. The predicted molar refractivity (Wildman–Crippen MR) is 117 cm³/mol. The van der Waals surface area contributed by atoms with E-state index in [4.69, 9.17) is 18.9 Å². The van der Waals surface area contributed by atoms with Gasteiger partial charge >= 0.3 is 0 Å². The lowest BCUT2D eigenvalue weighted by Crippen LogP contribution is -2.01. The maximum atomic E-state index is 12.9. The Hall–Kier alpha value is -3.73. The van der Waals surface area contributed by atoms with Crippen LogP contribution in [-0.2, 0) is 6.61 Å². The van der Waals surface area contributed by atoms with E-state index in [1.165, 1.54) is 11.1 Å². The summed E-state index contributed by atoms with van der Waals surface area (Å²) in [6.07, 6.45) is 1.72. The van der Waals surface area contributed by atoms with Gasteiger partial charge in [-0.15, -0.1) is 0 Å². The van der Waals surface area contributed by atoms with Gasteiger partial charge in [0.05, 0.1) is 5.56 Å². The van der Waals surface area contributed by atoms with Gasteiger partial charge in [-0.2, -0.15) is 0 Å². The van der Waals surface area contributed by atoms with Crippen molar-refractivity contribution in [1.29, 1.82) is 0 Å². The van der Waals surface area contributed by atoms with Crippen molar-refractivity contribution >= 4 is 11.9 Å². The van der Waals surface area contributed by atoms with Crippen LogP contribution >= 0.6 is 0 Å². The number of aryl methyl sites for hydroxylation is 3. The summed E-state index contributed by atoms with van der Waals surface area (Å²) < 4.78 is 22.7. The fourth-order valence-electron chi connectivity index (χ4n) is 3.83. The molecule has 0 aliphatic carbocycles. The molecule has 5 heteroatoms. The van der Waals surface area contributed by atoms with E-state index in [9.17, 15) is 4.79 Å². The Balaban J connectivity index is 1.38. The summed E-state index contributed by atoms with van der Waals surface area (Å²) in [6.45, 7) is 6.70. The van der Waals surface area contributed by atoms with Crippen LogP contribution in [-0.4, -0.2) is 12.6 Å². The summed E-state index contributed by atoms with van der Waals surface area (Å²) in [5.41, 5.74) is 5.73. The second kappa shape index (κ2) is 7.51. The van der Waals surface area contributed by atoms with Gasteiger partial charge in [0, 0.05) is 6.07 Å². The van der Waals surface area contributed by atoms with Gasteiger partial charge in [0.2, 0.25) is 12.6 Å². The number of hydrogen-bond donors (Lipinski definition) is 0. The topological polar surface area (TPSA) is 54.0 Å². The van der Waals surface area contributed by atoms with Gasteiger partial charge in [0.15, 0.2) is 17.3 Å². The zero-order valence-corrected chi connectivity index (χ0v) is 17.7. The molecule has 0 amide bonds. The molecule has 5 rings (SSSR count). The monoisotopic (exact) mass is 414 g/mol. The highest BCUT2D eigenvalue weighted by Crippen LogP contribution is 2.39. The minimum Gasteiger partial charge on any atom is -0.489 e. The molecular formula is C26H22O5. The van der Waals surface area contributed by atoms with E-state index in [0.29, 0.717) is 35.2 Å². The first-order valence-corrected chi connectivity index (χ1v) is 10.2. The summed E-state index contributed by atoms with van der Waals surface area (Å²) in [5.74, 6) is 2.71. The molecule has 0 saturated carbocycles. The maximum Gasteiger partial charge on any atom is 0.232 e. The third-order valence-electron chi connectivity index (χ3n) is 5.54. The quantitative estimate of drug-likeness (QED) is 0.525. The third-order valence-corrected chi connectivity index (χ3v) is 5.54. The van der Waals surface area contributed by atoms with Gasteiger partial charge < -0.3 is 18.9 Å². The van der Waals surface area contributed by atoms with E-state index in [2.05, 4.69) is 32.0 Å². The van der Waals surface area contributed by atoms with Crippen LogP contribution in [0, 0.1) is 20.8 Å². The minimum absolute atomic E-state index is 0.133. The molecule has 31 heavy (non-hydrogen) atoms. The van der Waals surface area contributed by atoms with Crippen molar-refractivity contribution in [1.82, 2.24) is 0 Å². The third kappa shape index (κ3) is 3.63. The lowest BCUT2D eigenvalue weighted by Gasteiger charge is -2.11. The number of hydrogen-bond acceptors (Lipinski definition) is 5. The molecule has 156 valence electrons. The molecule has 0 aromatic heterocycles. The van der Waals surface area contributed by atoms with E-state index in [-0.39, 0.29) is 18.3 Å². The number of allylic oxidation sites excluding steroid dienone is 1. The Kier molecular flexibility index (Phi) is 4.66. The highest BCUT2D eigenvalue weighted by Gasteiger charge is 2.30. The number of fused-ring (bicyclic) bond motifs is 2. The number of ether oxygens (including phenoxy) is 4. The number of carbonyl (C=O) groups is 1. The largest absolute Gasteiger partial charge is 0.489 e. The molecular weight excluding hydrogens is 392 g/mol. The molecule has 0 atom stereocenters. The van der Waals surface area contributed by atoms with Gasteiger partial charge in [-0.05, 0) is 67.3 Å². The summed E-state index contributed by atoms with van der Waals surface area (Å²) in [5, 5.41) is 0. The Morgan fingerprint density at radius 2 is 1.74 bits per heavy atom. The van der Waals surface area contributed by atoms with E-state index in [1.54, 1.807) is 12.1 Å². The molecule has 2 aliphatic heterocycles. The minimum atomic E-state index is -0.133. The van der Waals surface area contributed by atoms with Gasteiger partial charge in [0.25, 0.3) is 0 Å². The van der Waals surface area contributed by atoms with Crippen molar-refractivity contribution in [3.63, 3.8) is 0 Å². The lowest BCUT2D eigenvalue weighted by atomic mass is 10.0. The zero-order chi connectivity index (χ0) is 21.5. The Bertz CT molecular complexity index is 1240. The van der Waals surface area contributed by atoms with E-state index < -0.39 is 0 Å². The van der Waals surface area contributed by atoms with Crippen molar-refractivity contribution in [3.8, 4) is 23.0 Å². The van der Waals surface area contributed by atoms with Crippen molar-refractivity contribution in [2.45, 2.75) is 27.4 Å². The lowest BCUT2D eigenvalue weighted by molar-refractivity contribution is 0.101. The fourth-order valence-corrected chi connectivity index (χ4v) is 3.83. The van der Waals surface area contributed by atoms with Crippen LogP contribution in [0.5, 0.6) is 23.0 Å². The smallest absolute Gasteiger partial charge is 0.232 e. The predicted octanol–water partition coefficient (Wildman–Crippen LogP) is 5.54. The number of carbonyl (C=O) groups excluding carboxylic acids is 1. The van der Waals surface area contributed by atoms with E-state index in [1.807, 2.05) is 31.2 Å². The molecule has 3 aromatic rings. The normalized spacial score (nSPS) is 15.2. The molecule has 2 heterocycles. The fraction of sp³-hybridized carbons (Fsp3) is 0.192. The average Bonchev–Trinajstić information content (AvgIpc) is 3.33. The molecule has 5 nitrogen and oxygen atoms in total. The van der Waals surface area contributed by atoms with Crippen molar-refractivity contribution in [2.75, 3.05) is 6.79 Å². The molecule has 0 bridgehead atoms. The molecule has 0 unspecified atom stereocenters. The first kappa shape index (κ1) is 19.2. The van der Waals surface area contributed by atoms with Crippen LogP contribution in [0.1, 0.15) is 38.2 Å². The van der Waals surface area contributed by atoms with Crippen LogP contribution in [0.2, 0.25) is 0 Å². The molecule has 3 aromatic carbocycles. The van der Waals surface area contributed by atoms with Crippen LogP contribution in [0.15, 0.2) is 54.3 Å². The molecule has 0 saturated heterocycles. The summed E-state index contributed by atoms with van der Waals surface area (Å²) in [7, 11) is 0. The van der Waals surface area contributed by atoms with Crippen LogP contribution in [0.3, 0.4) is 0 Å².